The van der Waals surface area contributed by atoms with Crippen LogP contribution in [0.15, 0.2) is 67.0 Å². The van der Waals surface area contributed by atoms with Gasteiger partial charge in [0.25, 0.3) is 0 Å². The molecule has 6 nitrogen and oxygen atoms in total. The average Bonchev–Trinajstić information content (AvgIpc) is 3.27. The zero-order valence-corrected chi connectivity index (χ0v) is 17.6. The van der Waals surface area contributed by atoms with Crippen molar-refractivity contribution in [3.05, 3.63) is 84.0 Å². The summed E-state index contributed by atoms with van der Waals surface area (Å²) in [5.74, 6) is 0.535. The Bertz CT molecular complexity index is 1010. The number of aromatic nitrogens is 2. The molecule has 1 aliphatic carbocycles. The van der Waals surface area contributed by atoms with Gasteiger partial charge in [-0.3, -0.25) is 0 Å². The first-order chi connectivity index (χ1) is 15.0. The molecule has 1 saturated carbocycles. The Morgan fingerprint density at radius 3 is 2.39 bits per heavy atom. The van der Waals surface area contributed by atoms with Gasteiger partial charge in [-0.1, -0.05) is 60.7 Å². The van der Waals surface area contributed by atoms with Crippen LogP contribution in [0.5, 0.6) is 0 Å². The predicted molar refractivity (Wildman–Crippen MR) is 121 cm³/mol. The summed E-state index contributed by atoms with van der Waals surface area (Å²) >= 11 is 0. The standard InChI is InChI=1S/C25H29N3O3/c1-17(30)25-27-12-13-28(25)22(15-29)11-6-18-2-7-20(8-3-18)21-9-4-19(5-10-21)16-31-24-14-23(24)26/h2-13,17,22-24,29-30H,14-16,26H2,1H3/b11-6+/t17?,22?,23-,24+/m0/s1. The number of nitrogens with zero attached hydrogens (tertiary/aromatic N) is 2. The summed E-state index contributed by atoms with van der Waals surface area (Å²) in [6.07, 6.45) is 7.78. The van der Waals surface area contributed by atoms with Crippen LogP contribution >= 0.6 is 0 Å². The van der Waals surface area contributed by atoms with Gasteiger partial charge in [0.05, 0.1) is 25.4 Å². The van der Waals surface area contributed by atoms with Crippen molar-refractivity contribution in [1.82, 2.24) is 9.55 Å². The fourth-order valence-electron chi connectivity index (χ4n) is 3.56. The molecule has 1 aromatic heterocycles. The average molecular weight is 420 g/mol. The van der Waals surface area contributed by atoms with Gasteiger partial charge in [-0.15, -0.1) is 0 Å². The Balaban J connectivity index is 1.39. The van der Waals surface area contributed by atoms with Gasteiger partial charge < -0.3 is 25.3 Å². The van der Waals surface area contributed by atoms with Crippen LogP contribution in [0.2, 0.25) is 0 Å². The number of ether oxygens (including phenoxy) is 1. The van der Waals surface area contributed by atoms with E-state index in [0.717, 1.165) is 28.7 Å². The van der Waals surface area contributed by atoms with Gasteiger partial charge in [-0.2, -0.15) is 0 Å². The molecule has 0 saturated heterocycles. The van der Waals surface area contributed by atoms with E-state index < -0.39 is 6.10 Å². The highest BCUT2D eigenvalue weighted by molar-refractivity contribution is 5.66. The summed E-state index contributed by atoms with van der Waals surface area (Å²) in [5, 5.41) is 19.6. The summed E-state index contributed by atoms with van der Waals surface area (Å²) in [6.45, 7) is 2.19. The third-order valence-corrected chi connectivity index (χ3v) is 5.57. The van der Waals surface area contributed by atoms with Crippen LogP contribution in [0, 0.1) is 0 Å². The van der Waals surface area contributed by atoms with Gasteiger partial charge in [0.15, 0.2) is 0 Å². The maximum atomic E-state index is 9.85. The molecule has 0 amide bonds. The van der Waals surface area contributed by atoms with E-state index in [2.05, 4.69) is 53.5 Å². The van der Waals surface area contributed by atoms with Crippen LogP contribution in [-0.4, -0.2) is 38.5 Å². The highest BCUT2D eigenvalue weighted by atomic mass is 16.5. The molecule has 3 aromatic rings. The lowest BCUT2D eigenvalue weighted by Gasteiger charge is -2.16. The molecular formula is C25H29N3O3. The van der Waals surface area contributed by atoms with E-state index in [1.54, 1.807) is 23.9 Å². The first kappa shape index (κ1) is 21.5. The van der Waals surface area contributed by atoms with Gasteiger partial charge in [-0.25, -0.2) is 4.98 Å². The molecule has 4 N–H and O–H groups in total. The van der Waals surface area contributed by atoms with Crippen molar-refractivity contribution < 1.29 is 14.9 Å². The first-order valence-electron chi connectivity index (χ1n) is 10.6. The minimum atomic E-state index is -0.694. The van der Waals surface area contributed by atoms with Gasteiger partial charge in [0.1, 0.15) is 11.9 Å². The molecule has 6 heteroatoms. The Morgan fingerprint density at radius 1 is 1.16 bits per heavy atom. The molecule has 1 heterocycles. The fourth-order valence-corrected chi connectivity index (χ4v) is 3.56. The molecule has 4 atom stereocenters. The van der Waals surface area contributed by atoms with E-state index >= 15 is 0 Å². The highest BCUT2D eigenvalue weighted by Gasteiger charge is 2.34. The van der Waals surface area contributed by atoms with Gasteiger partial charge in [-0.05, 0) is 35.6 Å². The number of aliphatic hydroxyl groups is 2. The largest absolute Gasteiger partial charge is 0.394 e. The van der Waals surface area contributed by atoms with Gasteiger partial charge >= 0.3 is 0 Å². The minimum absolute atomic E-state index is 0.0760. The summed E-state index contributed by atoms with van der Waals surface area (Å²) in [4.78, 5) is 4.17. The van der Waals surface area contributed by atoms with Crippen LogP contribution in [0.25, 0.3) is 17.2 Å². The van der Waals surface area contributed by atoms with E-state index in [4.69, 9.17) is 10.5 Å². The molecular weight excluding hydrogens is 390 g/mol. The molecule has 0 spiro atoms. The van der Waals surface area contributed by atoms with E-state index in [0.29, 0.717) is 12.4 Å². The van der Waals surface area contributed by atoms with Gasteiger partial charge in [0.2, 0.25) is 0 Å². The number of aliphatic hydroxyl groups excluding tert-OH is 2. The van der Waals surface area contributed by atoms with Crippen molar-refractivity contribution in [1.29, 1.82) is 0 Å². The number of nitrogens with two attached hydrogens (primary N) is 1. The number of hydrogen-bond donors (Lipinski definition) is 3. The molecule has 0 bridgehead atoms. The Hall–Kier alpha value is -2.77. The second kappa shape index (κ2) is 9.58. The maximum Gasteiger partial charge on any atom is 0.137 e. The summed E-state index contributed by atoms with van der Waals surface area (Å²) in [7, 11) is 0. The second-order valence-electron chi connectivity index (χ2n) is 8.05. The Morgan fingerprint density at radius 2 is 1.81 bits per heavy atom. The molecule has 1 fully saturated rings. The first-order valence-corrected chi connectivity index (χ1v) is 10.6. The normalized spacial score (nSPS) is 20.1. The third-order valence-electron chi connectivity index (χ3n) is 5.57. The zero-order chi connectivity index (χ0) is 21.8. The van der Waals surface area contributed by atoms with Crippen molar-refractivity contribution in [3.8, 4) is 11.1 Å². The summed E-state index contributed by atoms with van der Waals surface area (Å²) in [6, 6.07) is 16.6. The van der Waals surface area contributed by atoms with E-state index in [-0.39, 0.29) is 24.8 Å². The van der Waals surface area contributed by atoms with Gasteiger partial charge in [0, 0.05) is 18.4 Å². The lowest BCUT2D eigenvalue weighted by Crippen LogP contribution is -2.14. The Kier molecular flexibility index (Phi) is 6.63. The molecule has 1 aliphatic rings. The van der Waals surface area contributed by atoms with E-state index in [1.165, 1.54) is 0 Å². The lowest BCUT2D eigenvalue weighted by atomic mass is 10.0. The second-order valence-corrected chi connectivity index (χ2v) is 8.05. The maximum absolute atomic E-state index is 9.85. The molecule has 2 aromatic carbocycles. The van der Waals surface area contributed by atoms with Crippen LogP contribution in [-0.2, 0) is 11.3 Å². The molecule has 162 valence electrons. The molecule has 4 rings (SSSR count). The van der Waals surface area contributed by atoms with Crippen molar-refractivity contribution in [2.75, 3.05) is 6.61 Å². The SMILES string of the molecule is CC(O)c1nccn1C(/C=C/c1ccc(-c2ccc(CO[C@@H]3C[C@@H]3N)cc2)cc1)CO. The molecule has 2 unspecified atom stereocenters. The highest BCUT2D eigenvalue weighted by Crippen LogP contribution is 2.25. The molecule has 0 radical (unpaired) electrons. The van der Waals surface area contributed by atoms with Crippen LogP contribution < -0.4 is 5.73 Å². The third kappa shape index (κ3) is 5.29. The van der Waals surface area contributed by atoms with Crippen LogP contribution in [0.4, 0.5) is 0 Å². The summed E-state index contributed by atoms with van der Waals surface area (Å²) < 4.78 is 7.53. The summed E-state index contributed by atoms with van der Waals surface area (Å²) in [5.41, 5.74) is 10.2. The van der Waals surface area contributed by atoms with Crippen molar-refractivity contribution in [2.45, 2.75) is 44.2 Å². The Labute approximate surface area is 182 Å². The zero-order valence-electron chi connectivity index (χ0n) is 17.6. The number of rotatable bonds is 9. The minimum Gasteiger partial charge on any atom is -0.394 e. The fraction of sp³-hybridized carbons (Fsp3) is 0.320. The van der Waals surface area contributed by atoms with Crippen molar-refractivity contribution >= 4 is 6.08 Å². The number of benzene rings is 2. The quantitative estimate of drug-likeness (QED) is 0.494. The van der Waals surface area contributed by atoms with Crippen LogP contribution in [0.1, 0.15) is 42.4 Å². The van der Waals surface area contributed by atoms with E-state index in [9.17, 15) is 10.2 Å². The van der Waals surface area contributed by atoms with E-state index in [1.807, 2.05) is 12.2 Å². The lowest BCUT2D eigenvalue weighted by molar-refractivity contribution is 0.102. The van der Waals surface area contributed by atoms with Crippen molar-refractivity contribution in [3.63, 3.8) is 0 Å². The smallest absolute Gasteiger partial charge is 0.137 e. The monoisotopic (exact) mass is 419 g/mol. The number of imidazole rings is 1. The molecule has 31 heavy (non-hydrogen) atoms. The molecule has 0 aliphatic heterocycles. The van der Waals surface area contributed by atoms with Crippen LogP contribution in [0.3, 0.4) is 0 Å². The predicted octanol–water partition coefficient (Wildman–Crippen LogP) is 3.47. The van der Waals surface area contributed by atoms with Crippen molar-refractivity contribution in [2.24, 2.45) is 5.73 Å². The topological polar surface area (TPSA) is 93.5 Å². The number of hydrogen-bond acceptors (Lipinski definition) is 5.